The first-order chi connectivity index (χ1) is 10.1. The minimum Gasteiger partial charge on any atom is -0.396 e. The number of nitrogens with zero attached hydrogens (tertiary/aromatic N) is 3. The number of carbonyl (C=O) groups is 1. The summed E-state index contributed by atoms with van der Waals surface area (Å²) in [5, 5.41) is 21.8. The Labute approximate surface area is 127 Å². The third-order valence-corrected chi connectivity index (χ3v) is 4.09. The van der Waals surface area contributed by atoms with Crippen LogP contribution in [0.4, 0.5) is 0 Å². The van der Waals surface area contributed by atoms with E-state index in [1.807, 2.05) is 31.4 Å². The van der Waals surface area contributed by atoms with Crippen LogP contribution in [0.15, 0.2) is 23.7 Å². The van der Waals surface area contributed by atoms with E-state index in [1.54, 1.807) is 22.2 Å². The van der Waals surface area contributed by atoms with Crippen LogP contribution in [0.2, 0.25) is 0 Å². The molecule has 6 nitrogen and oxygen atoms in total. The predicted molar refractivity (Wildman–Crippen MR) is 81.2 cm³/mol. The average molecular weight is 308 g/mol. The van der Waals surface area contributed by atoms with Gasteiger partial charge in [0.05, 0.1) is 12.7 Å². The molecule has 0 fully saturated rings. The van der Waals surface area contributed by atoms with Gasteiger partial charge in [0.25, 0.3) is 5.91 Å². The Morgan fingerprint density at radius 3 is 2.95 bits per heavy atom. The summed E-state index contributed by atoms with van der Waals surface area (Å²) >= 11 is 1.64. The molecular weight excluding hydrogens is 288 g/mol. The van der Waals surface area contributed by atoms with Crippen molar-refractivity contribution in [1.82, 2.24) is 20.3 Å². The first-order valence-corrected chi connectivity index (χ1v) is 7.82. The van der Waals surface area contributed by atoms with Gasteiger partial charge in [-0.3, -0.25) is 4.79 Å². The summed E-state index contributed by atoms with van der Waals surface area (Å²) in [6.07, 6.45) is 2.18. The van der Waals surface area contributed by atoms with E-state index < -0.39 is 0 Å². The maximum atomic E-state index is 12.1. The van der Waals surface area contributed by atoms with Crippen LogP contribution >= 0.6 is 11.3 Å². The molecule has 2 N–H and O–H groups in total. The summed E-state index contributed by atoms with van der Waals surface area (Å²) in [4.78, 5) is 13.3. The molecule has 114 valence electrons. The number of thiophene rings is 1. The second-order valence-electron chi connectivity index (χ2n) is 5.22. The fraction of sp³-hybridized carbons (Fsp3) is 0.500. The van der Waals surface area contributed by atoms with Gasteiger partial charge in [0, 0.05) is 17.5 Å². The first kappa shape index (κ1) is 15.7. The quantitative estimate of drug-likeness (QED) is 0.813. The molecule has 1 amide bonds. The van der Waals surface area contributed by atoms with Crippen molar-refractivity contribution in [3.8, 4) is 0 Å². The monoisotopic (exact) mass is 308 g/mol. The highest BCUT2D eigenvalue weighted by Gasteiger charge is 2.18. The molecule has 0 bridgehead atoms. The van der Waals surface area contributed by atoms with Gasteiger partial charge in [0.1, 0.15) is 0 Å². The van der Waals surface area contributed by atoms with E-state index in [1.165, 1.54) is 0 Å². The fourth-order valence-corrected chi connectivity index (χ4v) is 2.69. The van der Waals surface area contributed by atoms with Gasteiger partial charge in [-0.05, 0) is 23.8 Å². The van der Waals surface area contributed by atoms with Gasteiger partial charge < -0.3 is 10.4 Å². The van der Waals surface area contributed by atoms with Crippen molar-refractivity contribution < 1.29 is 9.90 Å². The highest BCUT2D eigenvalue weighted by Crippen LogP contribution is 2.10. The third-order valence-electron chi connectivity index (χ3n) is 3.23. The van der Waals surface area contributed by atoms with E-state index in [0.29, 0.717) is 18.7 Å². The number of amides is 1. The molecule has 1 unspecified atom stereocenters. The van der Waals surface area contributed by atoms with Crippen LogP contribution in [0.5, 0.6) is 0 Å². The Hall–Kier alpha value is -1.73. The highest BCUT2D eigenvalue weighted by molar-refractivity contribution is 7.09. The molecule has 21 heavy (non-hydrogen) atoms. The van der Waals surface area contributed by atoms with Crippen LogP contribution < -0.4 is 5.32 Å². The molecule has 2 rings (SSSR count). The second kappa shape index (κ2) is 7.33. The molecule has 1 atom stereocenters. The summed E-state index contributed by atoms with van der Waals surface area (Å²) in [5.41, 5.74) is 0.301. The maximum absolute atomic E-state index is 12.1. The fourth-order valence-electron chi connectivity index (χ4n) is 2.00. The summed E-state index contributed by atoms with van der Waals surface area (Å²) in [7, 11) is 0. The van der Waals surface area contributed by atoms with Crippen molar-refractivity contribution >= 4 is 17.2 Å². The van der Waals surface area contributed by atoms with Crippen LogP contribution in [0.3, 0.4) is 0 Å². The minimum absolute atomic E-state index is 0.0498. The molecule has 0 aliphatic heterocycles. The summed E-state index contributed by atoms with van der Waals surface area (Å²) in [6.45, 7) is 4.68. The number of hydrogen-bond acceptors (Lipinski definition) is 5. The van der Waals surface area contributed by atoms with Gasteiger partial charge in [-0.15, -0.1) is 16.4 Å². The van der Waals surface area contributed by atoms with Gasteiger partial charge in [0.2, 0.25) is 0 Å². The van der Waals surface area contributed by atoms with E-state index in [4.69, 9.17) is 5.11 Å². The van der Waals surface area contributed by atoms with Crippen LogP contribution in [0.25, 0.3) is 0 Å². The number of rotatable bonds is 7. The van der Waals surface area contributed by atoms with E-state index in [9.17, 15) is 4.79 Å². The Balaban J connectivity index is 1.98. The normalized spacial score (nSPS) is 12.6. The lowest BCUT2D eigenvalue weighted by molar-refractivity contribution is 0.0911. The number of hydrogen-bond donors (Lipinski definition) is 2. The molecule has 0 spiro atoms. The lowest BCUT2D eigenvalue weighted by Gasteiger charge is -2.20. The number of nitrogens with one attached hydrogen (secondary N) is 1. The van der Waals surface area contributed by atoms with E-state index in [-0.39, 0.29) is 24.5 Å². The molecule has 0 radical (unpaired) electrons. The summed E-state index contributed by atoms with van der Waals surface area (Å²) < 4.78 is 1.65. The molecule has 0 aliphatic rings. The Morgan fingerprint density at radius 2 is 2.33 bits per heavy atom. The van der Waals surface area contributed by atoms with E-state index >= 15 is 0 Å². The lowest BCUT2D eigenvalue weighted by Crippen LogP contribution is -2.39. The number of carbonyl (C=O) groups excluding carboxylic acids is 1. The van der Waals surface area contributed by atoms with Crippen molar-refractivity contribution in [2.45, 2.75) is 32.9 Å². The molecule has 2 heterocycles. The van der Waals surface area contributed by atoms with Gasteiger partial charge in [-0.2, -0.15) is 0 Å². The molecule has 0 aromatic carbocycles. The Morgan fingerprint density at radius 1 is 1.52 bits per heavy atom. The number of aromatic nitrogens is 3. The molecule has 0 aliphatic carbocycles. The van der Waals surface area contributed by atoms with E-state index in [2.05, 4.69) is 15.6 Å². The molecule has 2 aromatic rings. The zero-order valence-electron chi connectivity index (χ0n) is 12.2. The maximum Gasteiger partial charge on any atom is 0.273 e. The van der Waals surface area contributed by atoms with E-state index in [0.717, 1.165) is 4.88 Å². The molecule has 2 aromatic heterocycles. The molecule has 0 saturated carbocycles. The smallest absolute Gasteiger partial charge is 0.273 e. The van der Waals surface area contributed by atoms with Gasteiger partial charge in [-0.25, -0.2) is 4.68 Å². The van der Waals surface area contributed by atoms with Crippen LogP contribution in [-0.2, 0) is 6.54 Å². The minimum atomic E-state index is -0.250. The average Bonchev–Trinajstić information content (AvgIpc) is 3.10. The van der Waals surface area contributed by atoms with Crippen molar-refractivity contribution in [1.29, 1.82) is 0 Å². The van der Waals surface area contributed by atoms with Crippen molar-refractivity contribution in [3.05, 3.63) is 34.3 Å². The predicted octanol–water partition coefficient (Wildman–Crippen LogP) is 1.52. The number of aliphatic hydroxyl groups is 1. The SMILES string of the molecule is CC(C)C(CCO)NC(=O)c1cn(Cc2cccs2)nn1. The number of aliphatic hydroxyl groups excluding tert-OH is 1. The standard InChI is InChI=1S/C14H20N4O2S/c1-10(2)12(5-6-19)15-14(20)13-9-18(17-16-13)8-11-4-3-7-21-11/h3-4,7,9-10,12,19H,5-6,8H2,1-2H3,(H,15,20). The van der Waals surface area contributed by atoms with Crippen LogP contribution in [0.1, 0.15) is 35.6 Å². The second-order valence-corrected chi connectivity index (χ2v) is 6.25. The van der Waals surface area contributed by atoms with Crippen molar-refractivity contribution in [2.75, 3.05) is 6.61 Å². The third kappa shape index (κ3) is 4.37. The van der Waals surface area contributed by atoms with Crippen LogP contribution in [-0.4, -0.2) is 38.7 Å². The summed E-state index contributed by atoms with van der Waals surface area (Å²) in [5.74, 6) is 0.00171. The van der Waals surface area contributed by atoms with Crippen molar-refractivity contribution in [3.63, 3.8) is 0 Å². The molecule has 7 heteroatoms. The zero-order chi connectivity index (χ0) is 15.2. The van der Waals surface area contributed by atoms with Gasteiger partial charge in [0.15, 0.2) is 5.69 Å². The molecule has 0 saturated heterocycles. The molecular formula is C14H20N4O2S. The lowest BCUT2D eigenvalue weighted by atomic mass is 10.0. The topological polar surface area (TPSA) is 80.0 Å². The first-order valence-electron chi connectivity index (χ1n) is 6.94. The Kier molecular flexibility index (Phi) is 5.46. The largest absolute Gasteiger partial charge is 0.396 e. The summed E-state index contributed by atoms with van der Waals surface area (Å²) in [6, 6.07) is 3.93. The zero-order valence-corrected chi connectivity index (χ0v) is 13.0. The van der Waals surface area contributed by atoms with Crippen LogP contribution in [0, 0.1) is 5.92 Å². The Bertz CT molecular complexity index is 565. The highest BCUT2D eigenvalue weighted by atomic mass is 32.1. The van der Waals surface area contributed by atoms with Crippen molar-refractivity contribution in [2.24, 2.45) is 5.92 Å². The van der Waals surface area contributed by atoms with Gasteiger partial charge in [-0.1, -0.05) is 25.1 Å². The van der Waals surface area contributed by atoms with Gasteiger partial charge >= 0.3 is 0 Å².